The Morgan fingerprint density at radius 3 is 2.00 bits per heavy atom. The normalized spacial score (nSPS) is 52.1. The summed E-state index contributed by atoms with van der Waals surface area (Å²) in [6.45, 7) is 15.4. The molecule has 8 rings (SSSR count). The summed E-state index contributed by atoms with van der Waals surface area (Å²) in [5.74, 6) is -3.12. The van der Waals surface area contributed by atoms with Crippen LogP contribution in [0.3, 0.4) is 0 Å². The van der Waals surface area contributed by atoms with Gasteiger partial charge >= 0.3 is 11.9 Å². The number of rotatable bonds is 11. The predicted molar refractivity (Wildman–Crippen MR) is 253 cm³/mol. The van der Waals surface area contributed by atoms with Crippen LogP contribution in [0.4, 0.5) is 0 Å². The minimum absolute atomic E-state index is 0.112. The molecule has 422 valence electrons. The highest BCUT2D eigenvalue weighted by molar-refractivity contribution is 5.87. The van der Waals surface area contributed by atoms with E-state index in [-0.39, 0.29) is 11.8 Å². The van der Waals surface area contributed by atoms with Crippen molar-refractivity contribution < 1.29 is 109 Å². The molecule has 5 aliphatic carbocycles. The van der Waals surface area contributed by atoms with Crippen LogP contribution in [0.1, 0.15) is 101 Å². The van der Waals surface area contributed by atoms with Crippen LogP contribution in [0.2, 0.25) is 0 Å². The summed E-state index contributed by atoms with van der Waals surface area (Å²) in [4.78, 5) is 26.0. The molecule has 13 N–H and O–H groups in total. The first-order valence-electron chi connectivity index (χ1n) is 26.1. The van der Waals surface area contributed by atoms with Crippen molar-refractivity contribution in [3.8, 4) is 0 Å². The van der Waals surface area contributed by atoms with Crippen LogP contribution in [0.5, 0.6) is 0 Å². The summed E-state index contributed by atoms with van der Waals surface area (Å²) < 4.78 is 42.2. The zero-order chi connectivity index (χ0) is 54.7. The number of ether oxygens (including phenoxy) is 7. The Labute approximate surface area is 430 Å². The van der Waals surface area contributed by atoms with Gasteiger partial charge in [0.05, 0.1) is 43.5 Å². The molecule has 0 unspecified atom stereocenters. The van der Waals surface area contributed by atoms with Gasteiger partial charge in [0.25, 0.3) is 0 Å². The van der Waals surface area contributed by atoms with Crippen molar-refractivity contribution in [2.75, 3.05) is 19.8 Å². The average molecular weight is 1060 g/mol. The molecule has 4 saturated carbocycles. The van der Waals surface area contributed by atoms with Gasteiger partial charge in [-0.2, -0.15) is 0 Å². The lowest BCUT2D eigenvalue weighted by Gasteiger charge is -2.73. The third-order valence-corrected chi connectivity index (χ3v) is 20.4. The Morgan fingerprint density at radius 1 is 0.730 bits per heavy atom. The summed E-state index contributed by atoms with van der Waals surface area (Å²) >= 11 is 0. The largest absolute Gasteiger partial charge is 0.479 e. The fraction of sp³-hybridized carbons (Fsp3) is 0.885. The molecule has 74 heavy (non-hydrogen) atoms. The van der Waals surface area contributed by atoms with Gasteiger partial charge in [-0.15, -0.1) is 0 Å². The summed E-state index contributed by atoms with van der Waals surface area (Å²) in [5.41, 5.74) is -4.30. The van der Waals surface area contributed by atoms with E-state index in [9.17, 15) is 76.0 Å². The van der Waals surface area contributed by atoms with Crippen LogP contribution >= 0.6 is 0 Å². The van der Waals surface area contributed by atoms with Gasteiger partial charge in [-0.1, -0.05) is 66.2 Å². The molecule has 0 spiro atoms. The van der Waals surface area contributed by atoms with Gasteiger partial charge in [0.15, 0.2) is 25.0 Å². The molecule has 7 fully saturated rings. The quantitative estimate of drug-likeness (QED) is 0.0497. The third kappa shape index (κ3) is 8.68. The zero-order valence-electron chi connectivity index (χ0n) is 43.7. The van der Waals surface area contributed by atoms with E-state index in [0.29, 0.717) is 44.1 Å². The molecule has 0 amide bonds. The first kappa shape index (κ1) is 57.9. The number of allylic oxidation sites excluding steroid dienone is 2. The molecule has 0 radical (unpaired) electrons. The van der Waals surface area contributed by atoms with Gasteiger partial charge in [-0.05, 0) is 86.4 Å². The molecule has 22 heteroatoms. The molecule has 3 saturated heterocycles. The molecule has 22 nitrogen and oxygen atoms in total. The fourth-order valence-corrected chi connectivity index (χ4v) is 15.7. The molecule has 26 atom stereocenters. The Bertz CT molecular complexity index is 2130. The van der Waals surface area contributed by atoms with Crippen LogP contribution < -0.4 is 0 Å². The van der Waals surface area contributed by atoms with Gasteiger partial charge in [0, 0.05) is 16.4 Å². The number of hydrogen-bond acceptors (Lipinski definition) is 21. The number of carboxylic acids is 1. The highest BCUT2D eigenvalue weighted by Gasteiger charge is 2.75. The van der Waals surface area contributed by atoms with Crippen molar-refractivity contribution >= 4 is 11.9 Å². The number of carbonyl (C=O) groups excluding carboxylic acids is 1. The number of aliphatic hydroxyl groups excluding tert-OH is 12. The number of aliphatic carboxylic acids is 1. The maximum absolute atomic E-state index is 13.2. The highest BCUT2D eigenvalue weighted by Crippen LogP contribution is 2.76. The van der Waals surface area contributed by atoms with Crippen LogP contribution in [-0.2, 0) is 42.7 Å². The summed E-state index contributed by atoms with van der Waals surface area (Å²) in [6.07, 6.45) is -25.6. The summed E-state index contributed by atoms with van der Waals surface area (Å²) in [5, 5.41) is 145. The third-order valence-electron chi connectivity index (χ3n) is 20.4. The van der Waals surface area contributed by atoms with Gasteiger partial charge in [0.1, 0.15) is 73.2 Å². The molecule has 3 heterocycles. The summed E-state index contributed by atoms with van der Waals surface area (Å²) in [6, 6.07) is 0. The molecule has 0 aromatic carbocycles. The van der Waals surface area contributed by atoms with E-state index in [1.807, 2.05) is 34.6 Å². The van der Waals surface area contributed by atoms with Crippen molar-refractivity contribution in [2.45, 2.75) is 217 Å². The molecule has 0 aromatic rings. The molecule has 0 bridgehead atoms. The Morgan fingerprint density at radius 2 is 1.38 bits per heavy atom. The van der Waals surface area contributed by atoms with E-state index >= 15 is 0 Å². The van der Waals surface area contributed by atoms with Crippen LogP contribution in [0.25, 0.3) is 0 Å². The standard InChI is InChI=1S/C52H82O22/c1-10-21(2)43(67)74-41-40(64)52(20-54)23(17-47(41,3)4)22-11-12-27-49(7)15-14-28(48(5,6)26(49)13-16-50(27,8)51(22,9)38(62)39(52)63)70-46-37(73-45-33(60)31(58)30(57)25(18-53)69-45)35(34(61)36(72-46)42(65)66)71-44-32(59)29(56)24(55)19-68-44/h10-11,23-41,44-46,53-64H,12-20H2,1-9H3,(H,65,66)/b21-10+/t23-,24+,25+,26-,27+,28-,29-,30+,31-,32+,33+,34-,35-,36-,37+,38-,39+,40-,41-,44-,45-,46+,49-,50+,51-,52-/m0/s1. The summed E-state index contributed by atoms with van der Waals surface area (Å²) in [7, 11) is 0. The topological polar surface area (TPSA) is 362 Å². The molecule has 0 aromatic heterocycles. The lowest BCUT2D eigenvalue weighted by Crippen LogP contribution is -2.76. The van der Waals surface area contributed by atoms with Crippen molar-refractivity contribution in [2.24, 2.45) is 50.2 Å². The van der Waals surface area contributed by atoms with Gasteiger partial charge in [0.2, 0.25) is 0 Å². The van der Waals surface area contributed by atoms with Gasteiger partial charge < -0.3 is 99.5 Å². The fourth-order valence-electron chi connectivity index (χ4n) is 15.7. The van der Waals surface area contributed by atoms with Gasteiger partial charge in [-0.25, -0.2) is 9.59 Å². The van der Waals surface area contributed by atoms with E-state index < -0.39 is 187 Å². The maximum Gasteiger partial charge on any atom is 0.335 e. The van der Waals surface area contributed by atoms with Crippen molar-refractivity contribution in [3.63, 3.8) is 0 Å². The van der Waals surface area contributed by atoms with E-state index in [4.69, 9.17) is 33.2 Å². The van der Waals surface area contributed by atoms with E-state index in [1.54, 1.807) is 19.9 Å². The Balaban J connectivity index is 1.11. The predicted octanol–water partition coefficient (Wildman–Crippen LogP) is -1.25. The smallest absolute Gasteiger partial charge is 0.335 e. The molecule has 8 aliphatic rings. The maximum atomic E-state index is 13.2. The molecular weight excluding hydrogens is 977 g/mol. The monoisotopic (exact) mass is 1060 g/mol. The van der Waals surface area contributed by atoms with Crippen LogP contribution in [-0.4, -0.2) is 215 Å². The molecule has 3 aliphatic heterocycles. The van der Waals surface area contributed by atoms with E-state index in [0.717, 1.165) is 5.57 Å². The minimum atomic E-state index is -2.11. The second kappa shape index (κ2) is 20.4. The number of carboxylic acid groups (broad SMARTS) is 1. The van der Waals surface area contributed by atoms with E-state index in [1.165, 1.54) is 0 Å². The first-order chi connectivity index (χ1) is 34.5. The second-order valence-electron chi connectivity index (χ2n) is 24.7. The van der Waals surface area contributed by atoms with Crippen molar-refractivity contribution in [3.05, 3.63) is 23.3 Å². The SMILES string of the molecule is C/C=C(\C)C(=O)O[C@H]1[C@H](O)[C@]2(CO)[C@H](O)[C@H](O)[C@]3(C)C(=CC[C@@H]4[C@@]5(C)CC[C@H](O[C@@H]6O[C@H](C(=O)O)[C@@H](O)[C@H](O[C@@H]7OC[C@@H](O)[C@H](O)[C@H]7O)[C@H]6O[C@@H]6O[C@H](CO)[C@@H](O)[C@H](O)[C@H]6O)C(C)(C)[C@@H]5CC[C@]43C)[C@@H]2CC1(C)C. The first-order valence-corrected chi connectivity index (χ1v) is 26.1. The number of esters is 1. The van der Waals surface area contributed by atoms with Crippen LogP contribution in [0.15, 0.2) is 23.3 Å². The van der Waals surface area contributed by atoms with E-state index in [2.05, 4.69) is 19.9 Å². The highest BCUT2D eigenvalue weighted by atomic mass is 16.8. The van der Waals surface area contributed by atoms with Gasteiger partial charge in [-0.3, -0.25) is 0 Å². The molecular formula is C52H82O22. The number of hydrogen-bond donors (Lipinski definition) is 13. The number of fused-ring (bicyclic) bond motifs is 7. The number of carbonyl (C=O) groups is 2. The van der Waals surface area contributed by atoms with Crippen molar-refractivity contribution in [1.82, 2.24) is 0 Å². The Kier molecular flexibility index (Phi) is 16.0. The van der Waals surface area contributed by atoms with Crippen LogP contribution in [0, 0.1) is 50.2 Å². The second-order valence-corrected chi connectivity index (χ2v) is 24.7. The Hall–Kier alpha value is -2.30. The van der Waals surface area contributed by atoms with Crippen molar-refractivity contribution in [1.29, 1.82) is 0 Å². The minimum Gasteiger partial charge on any atom is -0.479 e. The average Bonchev–Trinajstić information content (AvgIpc) is 3.34. The number of aliphatic hydroxyl groups is 12. The zero-order valence-corrected chi connectivity index (χ0v) is 43.7. The lowest BCUT2D eigenvalue weighted by atomic mass is 9.32. The lowest BCUT2D eigenvalue weighted by molar-refractivity contribution is -0.392.